The molecule has 1 rings (SSSR count). The highest BCUT2D eigenvalue weighted by molar-refractivity contribution is 6.01. The number of hydrogen-bond acceptors (Lipinski definition) is 3. The number of carbonyl (C=O) groups is 2. The average Bonchev–Trinajstić information content (AvgIpc) is 1.88. The third-order valence-corrected chi connectivity index (χ3v) is 1.28. The standard InChI is InChI=1S/C5H8N2O3/c8-4-3(5(9)10)6-1-2-7-4/h3,6H,1-2H2,(H,7,8)(H,9,10)/t3-/m0/s1. The van der Waals surface area contributed by atoms with E-state index in [1.165, 1.54) is 0 Å². The van der Waals surface area contributed by atoms with Crippen LogP contribution in [0.3, 0.4) is 0 Å². The molecule has 10 heavy (non-hydrogen) atoms. The van der Waals surface area contributed by atoms with E-state index in [0.29, 0.717) is 13.1 Å². The third kappa shape index (κ3) is 1.24. The zero-order valence-corrected chi connectivity index (χ0v) is 5.26. The van der Waals surface area contributed by atoms with Gasteiger partial charge in [-0.1, -0.05) is 0 Å². The minimum Gasteiger partial charge on any atom is -0.480 e. The lowest BCUT2D eigenvalue weighted by atomic mass is 10.2. The second-order valence-corrected chi connectivity index (χ2v) is 2.02. The van der Waals surface area contributed by atoms with Crippen molar-refractivity contribution in [3.63, 3.8) is 0 Å². The van der Waals surface area contributed by atoms with Crippen molar-refractivity contribution in [2.45, 2.75) is 6.04 Å². The van der Waals surface area contributed by atoms with Gasteiger partial charge in [0.2, 0.25) is 5.91 Å². The van der Waals surface area contributed by atoms with Crippen molar-refractivity contribution >= 4 is 11.9 Å². The monoisotopic (exact) mass is 144 g/mol. The molecule has 0 aromatic rings. The van der Waals surface area contributed by atoms with E-state index < -0.39 is 17.9 Å². The number of amides is 1. The molecule has 1 fully saturated rings. The molecule has 0 unspecified atom stereocenters. The summed E-state index contributed by atoms with van der Waals surface area (Å²) in [4.78, 5) is 20.9. The first-order valence-electron chi connectivity index (χ1n) is 2.95. The largest absolute Gasteiger partial charge is 0.480 e. The lowest BCUT2D eigenvalue weighted by molar-refractivity contribution is -0.144. The molecule has 1 heterocycles. The van der Waals surface area contributed by atoms with Gasteiger partial charge in [0.05, 0.1) is 0 Å². The van der Waals surface area contributed by atoms with Gasteiger partial charge < -0.3 is 10.4 Å². The Balaban J connectivity index is 2.56. The summed E-state index contributed by atoms with van der Waals surface area (Å²) >= 11 is 0. The topological polar surface area (TPSA) is 78.4 Å². The van der Waals surface area contributed by atoms with Gasteiger partial charge in [0.1, 0.15) is 0 Å². The maximum absolute atomic E-state index is 10.7. The summed E-state index contributed by atoms with van der Waals surface area (Å²) in [5.41, 5.74) is 0. The molecule has 0 aromatic carbocycles. The SMILES string of the molecule is O=C(O)[C@H]1NCCNC1=O. The Morgan fingerprint density at radius 1 is 1.60 bits per heavy atom. The van der Waals surface area contributed by atoms with Crippen LogP contribution in [0.4, 0.5) is 0 Å². The van der Waals surface area contributed by atoms with Gasteiger partial charge in [0, 0.05) is 13.1 Å². The van der Waals surface area contributed by atoms with Crippen LogP contribution in [0, 0.1) is 0 Å². The van der Waals surface area contributed by atoms with Crippen LogP contribution in [0.25, 0.3) is 0 Å². The Labute approximate surface area is 57.4 Å². The molecule has 0 aliphatic carbocycles. The number of carboxylic acids is 1. The molecule has 56 valence electrons. The summed E-state index contributed by atoms with van der Waals surface area (Å²) in [7, 11) is 0. The van der Waals surface area contributed by atoms with Gasteiger partial charge in [0.25, 0.3) is 0 Å². The third-order valence-electron chi connectivity index (χ3n) is 1.28. The van der Waals surface area contributed by atoms with E-state index in [1.807, 2.05) is 0 Å². The molecular weight excluding hydrogens is 136 g/mol. The Morgan fingerprint density at radius 3 is 2.70 bits per heavy atom. The predicted molar refractivity (Wildman–Crippen MR) is 32.4 cm³/mol. The van der Waals surface area contributed by atoms with Crippen molar-refractivity contribution in [3.05, 3.63) is 0 Å². The van der Waals surface area contributed by atoms with E-state index in [4.69, 9.17) is 5.11 Å². The molecule has 1 amide bonds. The molecular formula is C5H8N2O3. The van der Waals surface area contributed by atoms with Gasteiger partial charge in [-0.05, 0) is 0 Å². The first kappa shape index (κ1) is 7.01. The van der Waals surface area contributed by atoms with E-state index in [-0.39, 0.29) is 0 Å². The second kappa shape index (κ2) is 2.66. The summed E-state index contributed by atoms with van der Waals surface area (Å²) in [6, 6.07) is -1.06. The molecule has 5 heteroatoms. The molecule has 0 saturated carbocycles. The average molecular weight is 144 g/mol. The summed E-state index contributed by atoms with van der Waals surface area (Å²) in [5, 5.41) is 13.4. The Morgan fingerprint density at radius 2 is 2.30 bits per heavy atom. The van der Waals surface area contributed by atoms with Gasteiger partial charge in [0.15, 0.2) is 6.04 Å². The van der Waals surface area contributed by atoms with Crippen LogP contribution >= 0.6 is 0 Å². The molecule has 0 bridgehead atoms. The van der Waals surface area contributed by atoms with Gasteiger partial charge in [-0.3, -0.25) is 10.1 Å². The number of carbonyl (C=O) groups excluding carboxylic acids is 1. The Bertz CT molecular complexity index is 168. The maximum Gasteiger partial charge on any atom is 0.330 e. The lowest BCUT2D eigenvalue weighted by Crippen LogP contribution is -2.56. The predicted octanol–water partition coefficient (Wildman–Crippen LogP) is -1.84. The smallest absolute Gasteiger partial charge is 0.330 e. The zero-order chi connectivity index (χ0) is 7.56. The number of rotatable bonds is 1. The zero-order valence-electron chi connectivity index (χ0n) is 5.26. The fourth-order valence-electron chi connectivity index (χ4n) is 0.796. The van der Waals surface area contributed by atoms with E-state index in [9.17, 15) is 9.59 Å². The van der Waals surface area contributed by atoms with Gasteiger partial charge >= 0.3 is 5.97 Å². The molecule has 1 atom stereocenters. The van der Waals surface area contributed by atoms with E-state index in [2.05, 4.69) is 10.6 Å². The van der Waals surface area contributed by atoms with Gasteiger partial charge in [-0.15, -0.1) is 0 Å². The Kier molecular flexibility index (Phi) is 1.86. The summed E-state index contributed by atoms with van der Waals surface area (Å²) in [6.07, 6.45) is 0. The van der Waals surface area contributed by atoms with Crippen molar-refractivity contribution in [3.8, 4) is 0 Å². The number of hydrogen-bond donors (Lipinski definition) is 3. The van der Waals surface area contributed by atoms with Gasteiger partial charge in [-0.2, -0.15) is 0 Å². The molecule has 0 radical (unpaired) electrons. The number of piperazine rings is 1. The number of nitrogens with one attached hydrogen (secondary N) is 2. The molecule has 3 N–H and O–H groups in total. The number of carboxylic acid groups (broad SMARTS) is 1. The summed E-state index contributed by atoms with van der Waals surface area (Å²) < 4.78 is 0. The first-order chi connectivity index (χ1) is 4.72. The quantitative estimate of drug-likeness (QED) is 0.378. The molecule has 0 aromatic heterocycles. The van der Waals surface area contributed by atoms with Crippen LogP contribution in [0.2, 0.25) is 0 Å². The molecule has 1 saturated heterocycles. The molecule has 5 nitrogen and oxygen atoms in total. The molecule has 1 aliphatic heterocycles. The van der Waals surface area contributed by atoms with Crippen LogP contribution < -0.4 is 10.6 Å². The van der Waals surface area contributed by atoms with Crippen LogP contribution in [-0.4, -0.2) is 36.1 Å². The number of aliphatic carboxylic acids is 1. The van der Waals surface area contributed by atoms with E-state index in [1.54, 1.807) is 0 Å². The fraction of sp³-hybridized carbons (Fsp3) is 0.600. The van der Waals surface area contributed by atoms with Gasteiger partial charge in [-0.25, -0.2) is 4.79 Å². The van der Waals surface area contributed by atoms with Crippen LogP contribution in [0.5, 0.6) is 0 Å². The van der Waals surface area contributed by atoms with Crippen molar-refractivity contribution in [2.24, 2.45) is 0 Å². The van der Waals surface area contributed by atoms with Crippen molar-refractivity contribution in [2.75, 3.05) is 13.1 Å². The van der Waals surface area contributed by atoms with E-state index >= 15 is 0 Å². The normalized spacial score (nSPS) is 25.6. The van der Waals surface area contributed by atoms with Crippen molar-refractivity contribution < 1.29 is 14.7 Å². The highest BCUT2D eigenvalue weighted by Crippen LogP contribution is 1.87. The second-order valence-electron chi connectivity index (χ2n) is 2.02. The van der Waals surface area contributed by atoms with Crippen LogP contribution in [0.15, 0.2) is 0 Å². The van der Waals surface area contributed by atoms with Crippen LogP contribution in [-0.2, 0) is 9.59 Å². The minimum atomic E-state index is -1.13. The highest BCUT2D eigenvalue weighted by atomic mass is 16.4. The first-order valence-corrected chi connectivity index (χ1v) is 2.95. The summed E-state index contributed by atoms with van der Waals surface area (Å²) in [6.45, 7) is 1.02. The fourth-order valence-corrected chi connectivity index (χ4v) is 0.796. The maximum atomic E-state index is 10.7. The van der Waals surface area contributed by atoms with Crippen molar-refractivity contribution in [1.82, 2.24) is 10.6 Å². The summed E-state index contributed by atoms with van der Waals surface area (Å²) in [5.74, 6) is -1.59. The van der Waals surface area contributed by atoms with E-state index in [0.717, 1.165) is 0 Å². The Hall–Kier alpha value is -1.10. The molecule has 1 aliphatic rings. The lowest BCUT2D eigenvalue weighted by Gasteiger charge is -2.19. The molecule has 0 spiro atoms. The van der Waals surface area contributed by atoms with Crippen molar-refractivity contribution in [1.29, 1.82) is 0 Å². The minimum absolute atomic E-state index is 0.459. The van der Waals surface area contributed by atoms with Crippen LogP contribution in [0.1, 0.15) is 0 Å². The highest BCUT2D eigenvalue weighted by Gasteiger charge is 2.27.